The van der Waals surface area contributed by atoms with Crippen LogP contribution in [0.25, 0.3) is 43.8 Å². The van der Waals surface area contributed by atoms with Crippen molar-refractivity contribution >= 4 is 53.2 Å². The van der Waals surface area contributed by atoms with Gasteiger partial charge in [-0.3, -0.25) is 0 Å². The van der Waals surface area contributed by atoms with Crippen LogP contribution in [0.1, 0.15) is 119 Å². The van der Waals surface area contributed by atoms with Crippen molar-refractivity contribution in [2.45, 2.75) is 103 Å². The number of fused-ring (bicyclic) bond motifs is 2. The molecule has 0 saturated heterocycles. The predicted molar refractivity (Wildman–Crippen MR) is 234 cm³/mol. The number of rotatable bonds is 6. The molecular weight excluding hydrogens is 767 g/mol. The van der Waals surface area contributed by atoms with Gasteiger partial charge in [0.05, 0.1) is 0 Å². The first kappa shape index (κ1) is 45.9. The molecule has 0 aliphatic heterocycles. The van der Waals surface area contributed by atoms with Crippen molar-refractivity contribution in [3.63, 3.8) is 0 Å². The zero-order valence-electron chi connectivity index (χ0n) is 32.0. The van der Waals surface area contributed by atoms with E-state index < -0.39 is 0 Å². The summed E-state index contributed by atoms with van der Waals surface area (Å²) in [7, 11) is 0. The van der Waals surface area contributed by atoms with Crippen molar-refractivity contribution in [1.29, 1.82) is 0 Å². The van der Waals surface area contributed by atoms with E-state index in [1.54, 1.807) is 5.56 Å². The van der Waals surface area contributed by atoms with E-state index in [1.807, 2.05) is 0 Å². The summed E-state index contributed by atoms with van der Waals surface area (Å²) >= 11 is 1.36. The quantitative estimate of drug-likeness (QED) is 0.116. The van der Waals surface area contributed by atoms with Gasteiger partial charge in [0.1, 0.15) is 0 Å². The topological polar surface area (TPSA) is 0 Å². The van der Waals surface area contributed by atoms with Gasteiger partial charge in [0.2, 0.25) is 0 Å². The van der Waals surface area contributed by atoms with Crippen molar-refractivity contribution in [3.05, 3.63) is 146 Å². The van der Waals surface area contributed by atoms with Gasteiger partial charge in [-0.2, -0.15) is 12.1 Å². The molecule has 0 unspecified atom stereocenters. The normalized spacial score (nSPS) is 14.1. The van der Waals surface area contributed by atoms with Crippen molar-refractivity contribution < 1.29 is 23.3 Å². The molecule has 2 aliphatic rings. The molecule has 52 heavy (non-hydrogen) atoms. The fourth-order valence-corrected chi connectivity index (χ4v) is 8.18. The standard InChI is InChI=1S/2C23H25.2CH3.2ClH.Si.Zr/c1-16(2)17-10-12-19(13-11-17)22-9-5-8-20-14-21(15-23(20)22)18-6-3-4-7-18;1-2-17-15-21-9-6-10-22(23(21)16-17)20-13-11-19(12-14-20)18-7-4-3-5-8-18;;;;;;/h5,8-16,18H,3-4,6-7H2,1-2H3;6,9-16,18H,2-5,7-8H2,1H3;2*1H3;2*1H;;/q4*-1;;;;. The second kappa shape index (κ2) is 22.2. The van der Waals surface area contributed by atoms with Crippen LogP contribution in [-0.4, -0.2) is 6.88 Å². The first-order valence-corrected chi connectivity index (χ1v) is 22.6. The molecule has 0 aromatic heterocycles. The molecule has 0 amide bonds. The molecule has 6 aromatic rings. The second-order valence-electron chi connectivity index (χ2n) is 14.3. The summed E-state index contributed by atoms with van der Waals surface area (Å²) in [6.07, 6.45) is 13.6. The van der Waals surface area contributed by atoms with Crippen LogP contribution >= 0.6 is 24.8 Å². The molecule has 0 spiro atoms. The van der Waals surface area contributed by atoms with Crippen LogP contribution in [0.3, 0.4) is 0 Å². The molecule has 0 bridgehead atoms. The van der Waals surface area contributed by atoms with E-state index in [-0.39, 0.29) is 39.7 Å². The summed E-state index contributed by atoms with van der Waals surface area (Å²) in [6, 6.07) is 41.5. The second-order valence-corrected chi connectivity index (χ2v) is 14.3. The van der Waals surface area contributed by atoms with Crippen molar-refractivity contribution in [2.24, 2.45) is 0 Å². The molecule has 6 aromatic carbocycles. The minimum absolute atomic E-state index is 0. The molecular formula is C48H58Cl2SiZr-4. The van der Waals surface area contributed by atoms with Crippen LogP contribution < -0.4 is 0 Å². The molecule has 2 fully saturated rings. The summed E-state index contributed by atoms with van der Waals surface area (Å²) < 4.78 is 0. The third kappa shape index (κ3) is 10.7. The van der Waals surface area contributed by atoms with E-state index in [1.165, 1.54) is 142 Å². The Morgan fingerprint density at radius 3 is 1.63 bits per heavy atom. The minimum atomic E-state index is 0. The van der Waals surface area contributed by atoms with Gasteiger partial charge in [0.15, 0.2) is 0 Å². The maximum absolute atomic E-state index is 3.06. The molecule has 8 rings (SSSR count). The Morgan fingerprint density at radius 2 is 1.10 bits per heavy atom. The molecule has 0 atom stereocenters. The zero-order chi connectivity index (χ0) is 33.5. The van der Waals surface area contributed by atoms with E-state index in [0.717, 1.165) is 18.3 Å². The monoisotopic (exact) mass is 822 g/mol. The Morgan fingerprint density at radius 1 is 0.615 bits per heavy atom. The molecule has 2 saturated carbocycles. The van der Waals surface area contributed by atoms with Crippen LogP contribution in [0.5, 0.6) is 0 Å². The molecule has 0 N–H and O–H groups in total. The molecule has 2 aliphatic carbocycles. The molecule has 2 radical (unpaired) electrons. The Bertz CT molecular complexity index is 1900. The molecule has 4 heteroatoms. The fraction of sp³-hybridized carbons (Fsp3) is 0.333. The van der Waals surface area contributed by atoms with E-state index in [9.17, 15) is 0 Å². The van der Waals surface area contributed by atoms with Crippen LogP contribution in [0.4, 0.5) is 0 Å². The maximum atomic E-state index is 3.06. The molecule has 0 nitrogen and oxygen atoms in total. The zero-order valence-corrected chi connectivity index (χ0v) is 37.1. The molecule has 276 valence electrons. The SMILES string of the molecule is CC(C)c1ccc(-c2cccc3[cH-]c(C4CCCC4)cc23)cc1.CCc1cc2c(-c3ccc(C4CCCCC4)cc3)cccc2[cH-]1.Cl.Cl.[CH3-].[CH3-].[Si]=[Zr]. The Balaban J connectivity index is 0.000000320. The van der Waals surface area contributed by atoms with Crippen molar-refractivity contribution in [3.8, 4) is 22.3 Å². The average Bonchev–Trinajstić information content (AvgIpc) is 3.93. The Kier molecular flexibility index (Phi) is 19.6. The van der Waals surface area contributed by atoms with Crippen molar-refractivity contribution in [1.82, 2.24) is 0 Å². The Labute approximate surface area is 345 Å². The van der Waals surface area contributed by atoms with Gasteiger partial charge in [-0.15, -0.1) is 93.9 Å². The summed E-state index contributed by atoms with van der Waals surface area (Å²) in [5, 5.41) is 5.59. The van der Waals surface area contributed by atoms with E-state index in [2.05, 4.69) is 137 Å². The summed E-state index contributed by atoms with van der Waals surface area (Å²) in [5.74, 6) is 2.17. The summed E-state index contributed by atoms with van der Waals surface area (Å²) in [4.78, 5) is 0. The predicted octanol–water partition coefficient (Wildman–Crippen LogP) is 15.2. The third-order valence-corrected chi connectivity index (χ3v) is 11.0. The number of halogens is 2. The van der Waals surface area contributed by atoms with Gasteiger partial charge in [-0.25, -0.2) is 0 Å². The van der Waals surface area contributed by atoms with Crippen molar-refractivity contribution in [2.75, 3.05) is 0 Å². The summed E-state index contributed by atoms with van der Waals surface area (Å²) in [6.45, 7) is 9.79. The number of benzene rings is 4. The van der Waals surface area contributed by atoms with Gasteiger partial charge in [-0.05, 0) is 72.1 Å². The van der Waals surface area contributed by atoms with Crippen LogP contribution in [-0.2, 0) is 29.8 Å². The first-order chi connectivity index (χ1) is 23.6. The van der Waals surface area contributed by atoms with E-state index >= 15 is 0 Å². The van der Waals surface area contributed by atoms with Crippen LogP contribution in [0.2, 0.25) is 0 Å². The third-order valence-electron chi connectivity index (χ3n) is 11.0. The molecule has 0 heterocycles. The van der Waals surface area contributed by atoms with Gasteiger partial charge in [0, 0.05) is 0 Å². The number of aryl methyl sites for hydroxylation is 1. The fourth-order valence-electron chi connectivity index (χ4n) is 8.18. The van der Waals surface area contributed by atoms with Crippen LogP contribution in [0.15, 0.2) is 109 Å². The number of hydrogen-bond donors (Lipinski definition) is 0. The van der Waals surface area contributed by atoms with Gasteiger partial charge < -0.3 is 14.9 Å². The van der Waals surface area contributed by atoms with Gasteiger partial charge in [-0.1, -0.05) is 125 Å². The summed E-state index contributed by atoms with van der Waals surface area (Å²) in [5.41, 5.74) is 11.4. The first-order valence-electron chi connectivity index (χ1n) is 18.4. The number of hydrogen-bond acceptors (Lipinski definition) is 0. The average molecular weight is 825 g/mol. The van der Waals surface area contributed by atoms with Crippen LogP contribution in [0, 0.1) is 14.9 Å². The van der Waals surface area contributed by atoms with Gasteiger partial charge >= 0.3 is 30.2 Å². The Hall–Kier alpha value is -2.22. The van der Waals surface area contributed by atoms with E-state index in [4.69, 9.17) is 0 Å². The van der Waals surface area contributed by atoms with Gasteiger partial charge in [0.25, 0.3) is 0 Å². The van der Waals surface area contributed by atoms with E-state index in [0.29, 0.717) is 5.92 Å².